The lowest BCUT2D eigenvalue weighted by Crippen LogP contribution is -2.29. The van der Waals surface area contributed by atoms with Crippen LogP contribution in [0.1, 0.15) is 34.1 Å². The Morgan fingerprint density at radius 2 is 2.07 bits per heavy atom. The Morgan fingerprint density at radius 3 is 2.47 bits per heavy atom. The molecular formula is C11H19NO3. The van der Waals surface area contributed by atoms with E-state index in [2.05, 4.69) is 5.32 Å². The van der Waals surface area contributed by atoms with Crippen molar-refractivity contribution >= 4 is 12.4 Å². The molecule has 15 heavy (non-hydrogen) atoms. The molecule has 0 aromatic rings. The van der Waals surface area contributed by atoms with Crippen LogP contribution < -0.4 is 5.32 Å². The Kier molecular flexibility index (Phi) is 5.67. The minimum Gasteiger partial charge on any atom is -0.444 e. The van der Waals surface area contributed by atoms with Crippen LogP contribution in [0.2, 0.25) is 0 Å². The van der Waals surface area contributed by atoms with Gasteiger partial charge in [-0.1, -0.05) is 13.0 Å². The van der Waals surface area contributed by atoms with E-state index in [1.165, 1.54) is 6.20 Å². The van der Waals surface area contributed by atoms with E-state index in [1.54, 1.807) is 26.8 Å². The smallest absolute Gasteiger partial charge is 0.411 e. The fourth-order valence-electron chi connectivity index (χ4n) is 0.825. The van der Waals surface area contributed by atoms with Gasteiger partial charge in [-0.25, -0.2) is 4.79 Å². The third kappa shape index (κ3) is 7.73. The summed E-state index contributed by atoms with van der Waals surface area (Å²) >= 11 is 0. The maximum atomic E-state index is 11.1. The largest absolute Gasteiger partial charge is 0.444 e. The number of hydrogen-bond donors (Lipinski definition) is 1. The Bertz CT molecular complexity index is 241. The van der Waals surface area contributed by atoms with E-state index in [0.717, 1.165) is 12.7 Å². The molecule has 0 aliphatic heterocycles. The van der Waals surface area contributed by atoms with Gasteiger partial charge in [-0.05, 0) is 27.2 Å². The van der Waals surface area contributed by atoms with E-state index in [0.29, 0.717) is 0 Å². The molecule has 0 radical (unpaired) electrons. The van der Waals surface area contributed by atoms with Crippen molar-refractivity contribution < 1.29 is 14.3 Å². The van der Waals surface area contributed by atoms with Crippen molar-refractivity contribution in [1.82, 2.24) is 5.32 Å². The summed E-state index contributed by atoms with van der Waals surface area (Å²) < 4.78 is 5.00. The highest BCUT2D eigenvalue weighted by atomic mass is 16.6. The fourth-order valence-corrected chi connectivity index (χ4v) is 0.825. The molecule has 0 aliphatic rings. The number of rotatable bonds is 4. The topological polar surface area (TPSA) is 55.4 Å². The number of allylic oxidation sites excluding steroid dienone is 1. The number of amides is 1. The van der Waals surface area contributed by atoms with Crippen LogP contribution >= 0.6 is 0 Å². The van der Waals surface area contributed by atoms with Gasteiger partial charge in [0.05, 0.1) is 0 Å². The molecule has 0 fully saturated rings. The predicted octanol–water partition coefficient (Wildman–Crippen LogP) is 2.25. The maximum Gasteiger partial charge on any atom is 0.411 e. The molecule has 0 saturated carbocycles. The molecule has 1 atom stereocenters. The molecule has 1 unspecified atom stereocenters. The van der Waals surface area contributed by atoms with Crippen molar-refractivity contribution in [2.75, 3.05) is 0 Å². The maximum absolute atomic E-state index is 11.1. The highest BCUT2D eigenvalue weighted by Crippen LogP contribution is 2.06. The second kappa shape index (κ2) is 6.22. The second-order valence-electron chi connectivity index (χ2n) is 4.21. The van der Waals surface area contributed by atoms with Gasteiger partial charge in [-0.2, -0.15) is 0 Å². The summed E-state index contributed by atoms with van der Waals surface area (Å²) in [6, 6.07) is 0. The van der Waals surface area contributed by atoms with Crippen LogP contribution in [-0.4, -0.2) is 18.0 Å². The van der Waals surface area contributed by atoms with Crippen LogP contribution in [0.25, 0.3) is 0 Å². The first-order chi connectivity index (χ1) is 6.89. The van der Waals surface area contributed by atoms with E-state index in [1.807, 2.05) is 6.92 Å². The quantitative estimate of drug-likeness (QED) is 0.729. The zero-order valence-electron chi connectivity index (χ0n) is 9.74. The summed E-state index contributed by atoms with van der Waals surface area (Å²) in [5.74, 6) is -0.153. The highest BCUT2D eigenvalue weighted by Gasteiger charge is 2.14. The van der Waals surface area contributed by atoms with Crippen molar-refractivity contribution in [2.45, 2.75) is 39.7 Å². The Labute approximate surface area is 90.7 Å². The van der Waals surface area contributed by atoms with Crippen LogP contribution in [0, 0.1) is 5.92 Å². The number of ether oxygens (including phenoxy) is 1. The molecule has 0 saturated heterocycles. The van der Waals surface area contributed by atoms with Gasteiger partial charge in [0.2, 0.25) is 0 Å². The third-order valence-electron chi connectivity index (χ3n) is 1.59. The van der Waals surface area contributed by atoms with E-state index in [-0.39, 0.29) is 5.92 Å². The molecular weight excluding hydrogens is 194 g/mol. The van der Waals surface area contributed by atoms with Crippen molar-refractivity contribution in [1.29, 1.82) is 0 Å². The van der Waals surface area contributed by atoms with Crippen LogP contribution in [0.3, 0.4) is 0 Å². The first kappa shape index (κ1) is 13.7. The van der Waals surface area contributed by atoms with Gasteiger partial charge >= 0.3 is 6.09 Å². The summed E-state index contributed by atoms with van der Waals surface area (Å²) in [5, 5.41) is 2.44. The summed E-state index contributed by atoms with van der Waals surface area (Å²) in [6.45, 7) is 7.26. The van der Waals surface area contributed by atoms with Crippen molar-refractivity contribution in [3.8, 4) is 0 Å². The number of carbonyl (C=O) groups excluding carboxylic acids is 2. The monoisotopic (exact) mass is 213 g/mol. The number of carbonyl (C=O) groups is 2. The molecule has 1 N–H and O–H groups in total. The number of nitrogens with one attached hydrogen (secondary N) is 1. The minimum absolute atomic E-state index is 0.153. The molecule has 1 amide bonds. The number of aldehydes is 1. The molecule has 0 aliphatic carbocycles. The molecule has 0 bridgehead atoms. The number of alkyl carbamates (subject to hydrolysis) is 1. The summed E-state index contributed by atoms with van der Waals surface area (Å²) in [5.41, 5.74) is -0.507. The normalized spacial score (nSPS) is 13.6. The van der Waals surface area contributed by atoms with E-state index < -0.39 is 11.7 Å². The van der Waals surface area contributed by atoms with Crippen LogP contribution in [0.15, 0.2) is 12.3 Å². The highest BCUT2D eigenvalue weighted by molar-refractivity contribution is 5.69. The standard InChI is InChI=1S/C11H19NO3/c1-5-9(8-13)6-7-12-10(14)15-11(2,3)4/h6-9H,5H2,1-4H3,(H,12,14). The zero-order chi connectivity index (χ0) is 11.9. The average molecular weight is 213 g/mol. The van der Waals surface area contributed by atoms with Gasteiger partial charge in [-0.15, -0.1) is 0 Å². The first-order valence-electron chi connectivity index (χ1n) is 5.00. The van der Waals surface area contributed by atoms with E-state index in [4.69, 9.17) is 4.74 Å². The molecule has 4 nitrogen and oxygen atoms in total. The van der Waals surface area contributed by atoms with Crippen LogP contribution in [-0.2, 0) is 9.53 Å². The zero-order valence-corrected chi connectivity index (χ0v) is 9.74. The first-order valence-corrected chi connectivity index (χ1v) is 5.00. The van der Waals surface area contributed by atoms with Gasteiger partial charge in [0.15, 0.2) is 0 Å². The molecule has 0 aromatic carbocycles. The van der Waals surface area contributed by atoms with Gasteiger partial charge in [-0.3, -0.25) is 5.32 Å². The van der Waals surface area contributed by atoms with Crippen molar-refractivity contribution in [3.63, 3.8) is 0 Å². The average Bonchev–Trinajstić information content (AvgIpc) is 2.09. The van der Waals surface area contributed by atoms with Gasteiger partial charge in [0, 0.05) is 12.1 Å². The Morgan fingerprint density at radius 1 is 1.47 bits per heavy atom. The summed E-state index contributed by atoms with van der Waals surface area (Å²) in [6.07, 6.45) is 4.12. The molecule has 0 spiro atoms. The third-order valence-corrected chi connectivity index (χ3v) is 1.59. The van der Waals surface area contributed by atoms with Gasteiger partial charge < -0.3 is 9.53 Å². The van der Waals surface area contributed by atoms with Gasteiger partial charge in [0.1, 0.15) is 11.9 Å². The molecule has 0 aromatic heterocycles. The number of hydrogen-bond acceptors (Lipinski definition) is 3. The lowest BCUT2D eigenvalue weighted by Gasteiger charge is -2.18. The molecule has 4 heteroatoms. The predicted molar refractivity (Wildman–Crippen MR) is 58.4 cm³/mol. The lowest BCUT2D eigenvalue weighted by atomic mass is 10.1. The van der Waals surface area contributed by atoms with Gasteiger partial charge in [0.25, 0.3) is 0 Å². The van der Waals surface area contributed by atoms with E-state index >= 15 is 0 Å². The van der Waals surface area contributed by atoms with Crippen molar-refractivity contribution in [3.05, 3.63) is 12.3 Å². The summed E-state index contributed by atoms with van der Waals surface area (Å²) in [7, 11) is 0. The fraction of sp³-hybridized carbons (Fsp3) is 0.636. The minimum atomic E-state index is -0.514. The SMILES string of the molecule is CCC(C=O)C=CNC(=O)OC(C)(C)C. The Hall–Kier alpha value is -1.32. The van der Waals surface area contributed by atoms with Crippen LogP contribution in [0.5, 0.6) is 0 Å². The second-order valence-corrected chi connectivity index (χ2v) is 4.21. The molecule has 86 valence electrons. The van der Waals surface area contributed by atoms with E-state index in [9.17, 15) is 9.59 Å². The molecule has 0 rings (SSSR count). The lowest BCUT2D eigenvalue weighted by molar-refractivity contribution is -0.110. The molecule has 0 heterocycles. The van der Waals surface area contributed by atoms with Crippen LogP contribution in [0.4, 0.5) is 4.79 Å². The summed E-state index contributed by atoms with van der Waals surface area (Å²) in [4.78, 5) is 21.6. The Balaban J connectivity index is 3.95. The van der Waals surface area contributed by atoms with Crippen molar-refractivity contribution in [2.24, 2.45) is 5.92 Å².